The van der Waals surface area contributed by atoms with Gasteiger partial charge in [0.25, 0.3) is 0 Å². The fourth-order valence-electron chi connectivity index (χ4n) is 2.39. The Balaban J connectivity index is 1.66. The van der Waals surface area contributed by atoms with Crippen LogP contribution in [0.1, 0.15) is 5.56 Å². The van der Waals surface area contributed by atoms with Crippen molar-refractivity contribution in [1.82, 2.24) is 0 Å². The summed E-state index contributed by atoms with van der Waals surface area (Å²) in [6.45, 7) is 0. The smallest absolute Gasteiger partial charge is 0.228 e. The molecule has 0 aliphatic rings. The van der Waals surface area contributed by atoms with Gasteiger partial charge in [-0.15, -0.1) is 0 Å². The first-order chi connectivity index (χ1) is 11.2. The lowest BCUT2D eigenvalue weighted by Gasteiger charge is -2.08. The van der Waals surface area contributed by atoms with E-state index in [0.717, 1.165) is 21.3 Å². The average molecular weight is 366 g/mol. The van der Waals surface area contributed by atoms with Gasteiger partial charge in [-0.3, -0.25) is 4.79 Å². The second kappa shape index (κ2) is 7.25. The number of benzene rings is 3. The molecule has 3 heteroatoms. The lowest BCUT2D eigenvalue weighted by molar-refractivity contribution is -0.115. The van der Waals surface area contributed by atoms with Gasteiger partial charge in [-0.05, 0) is 44.8 Å². The molecule has 0 saturated heterocycles. The number of nitrogens with one attached hydrogen (secondary N) is 1. The van der Waals surface area contributed by atoms with Crippen molar-refractivity contribution in [2.45, 2.75) is 6.42 Å². The Morgan fingerprint density at radius 1 is 0.783 bits per heavy atom. The maximum absolute atomic E-state index is 12.2. The summed E-state index contributed by atoms with van der Waals surface area (Å²) in [6, 6.07) is 25.9. The molecule has 23 heavy (non-hydrogen) atoms. The molecular formula is C20H16BrNO. The molecule has 0 unspecified atom stereocenters. The number of rotatable bonds is 4. The van der Waals surface area contributed by atoms with E-state index in [9.17, 15) is 4.79 Å². The Kier molecular flexibility index (Phi) is 4.89. The molecule has 2 nitrogen and oxygen atoms in total. The van der Waals surface area contributed by atoms with Crippen molar-refractivity contribution in [3.05, 3.63) is 88.9 Å². The average Bonchev–Trinajstić information content (AvgIpc) is 2.58. The quantitative estimate of drug-likeness (QED) is 0.667. The van der Waals surface area contributed by atoms with E-state index in [1.807, 2.05) is 54.6 Å². The number of halogens is 1. The number of anilines is 1. The van der Waals surface area contributed by atoms with Crippen LogP contribution in [-0.2, 0) is 11.2 Å². The van der Waals surface area contributed by atoms with Gasteiger partial charge in [-0.1, -0.05) is 66.7 Å². The Hall–Kier alpha value is -2.39. The van der Waals surface area contributed by atoms with E-state index in [4.69, 9.17) is 0 Å². The fraction of sp³-hybridized carbons (Fsp3) is 0.0500. The zero-order chi connectivity index (χ0) is 16.1. The molecule has 1 N–H and O–H groups in total. The first-order valence-electron chi connectivity index (χ1n) is 7.41. The van der Waals surface area contributed by atoms with Gasteiger partial charge in [0.05, 0.1) is 12.1 Å². The zero-order valence-corrected chi connectivity index (χ0v) is 14.1. The van der Waals surface area contributed by atoms with Crippen LogP contribution in [0.25, 0.3) is 11.1 Å². The summed E-state index contributed by atoms with van der Waals surface area (Å²) in [5.74, 6) is -0.0237. The third-order valence-corrected chi connectivity index (χ3v) is 4.27. The predicted molar refractivity (Wildman–Crippen MR) is 98.4 cm³/mol. The molecule has 3 aromatic rings. The standard InChI is InChI=1S/C20H16BrNO/c21-18-8-4-5-9-19(18)22-20(23)14-15-10-12-17(13-11-15)16-6-2-1-3-7-16/h1-13H,14H2,(H,22,23). The molecule has 0 bridgehead atoms. The largest absolute Gasteiger partial charge is 0.325 e. The molecule has 0 radical (unpaired) electrons. The van der Waals surface area contributed by atoms with E-state index in [0.29, 0.717) is 6.42 Å². The molecule has 0 aromatic heterocycles. The van der Waals surface area contributed by atoms with Crippen LogP contribution in [0, 0.1) is 0 Å². The Bertz CT molecular complexity index is 797. The van der Waals surface area contributed by atoms with Gasteiger partial charge in [-0.2, -0.15) is 0 Å². The molecule has 0 saturated carbocycles. The van der Waals surface area contributed by atoms with Crippen molar-refractivity contribution in [3.8, 4) is 11.1 Å². The minimum Gasteiger partial charge on any atom is -0.325 e. The van der Waals surface area contributed by atoms with Gasteiger partial charge in [0, 0.05) is 4.47 Å². The van der Waals surface area contributed by atoms with Crippen LogP contribution in [0.5, 0.6) is 0 Å². The van der Waals surface area contributed by atoms with Crippen LogP contribution in [0.3, 0.4) is 0 Å². The Labute approximate surface area is 144 Å². The van der Waals surface area contributed by atoms with Gasteiger partial charge in [0.1, 0.15) is 0 Å². The molecule has 3 rings (SSSR count). The lowest BCUT2D eigenvalue weighted by Crippen LogP contribution is -2.14. The van der Waals surface area contributed by atoms with E-state index in [2.05, 4.69) is 45.5 Å². The van der Waals surface area contributed by atoms with Crippen molar-refractivity contribution in [2.75, 3.05) is 5.32 Å². The minimum atomic E-state index is -0.0237. The molecular weight excluding hydrogens is 350 g/mol. The maximum atomic E-state index is 12.2. The van der Waals surface area contributed by atoms with Gasteiger partial charge < -0.3 is 5.32 Å². The van der Waals surface area contributed by atoms with Crippen LogP contribution in [-0.4, -0.2) is 5.91 Å². The maximum Gasteiger partial charge on any atom is 0.228 e. The van der Waals surface area contributed by atoms with Crippen molar-refractivity contribution >= 4 is 27.5 Å². The van der Waals surface area contributed by atoms with E-state index >= 15 is 0 Å². The van der Waals surface area contributed by atoms with Crippen LogP contribution >= 0.6 is 15.9 Å². The number of para-hydroxylation sites is 1. The fourth-order valence-corrected chi connectivity index (χ4v) is 2.77. The summed E-state index contributed by atoms with van der Waals surface area (Å²) >= 11 is 3.43. The summed E-state index contributed by atoms with van der Waals surface area (Å²) in [6.07, 6.45) is 0.358. The Morgan fingerprint density at radius 2 is 1.39 bits per heavy atom. The van der Waals surface area contributed by atoms with E-state index in [1.54, 1.807) is 0 Å². The van der Waals surface area contributed by atoms with Crippen molar-refractivity contribution in [2.24, 2.45) is 0 Å². The van der Waals surface area contributed by atoms with Gasteiger partial charge in [0.15, 0.2) is 0 Å². The number of hydrogen-bond acceptors (Lipinski definition) is 1. The van der Waals surface area contributed by atoms with Crippen molar-refractivity contribution in [3.63, 3.8) is 0 Å². The highest BCUT2D eigenvalue weighted by molar-refractivity contribution is 9.10. The van der Waals surface area contributed by atoms with Gasteiger partial charge in [0.2, 0.25) is 5.91 Å². The van der Waals surface area contributed by atoms with Crippen LogP contribution in [0.15, 0.2) is 83.3 Å². The van der Waals surface area contributed by atoms with E-state index in [1.165, 1.54) is 5.56 Å². The second-order valence-electron chi connectivity index (χ2n) is 5.27. The molecule has 114 valence electrons. The monoisotopic (exact) mass is 365 g/mol. The van der Waals surface area contributed by atoms with Crippen LogP contribution in [0.2, 0.25) is 0 Å². The highest BCUT2D eigenvalue weighted by atomic mass is 79.9. The summed E-state index contributed by atoms with van der Waals surface area (Å²) in [4.78, 5) is 12.2. The molecule has 0 aliphatic heterocycles. The molecule has 0 atom stereocenters. The van der Waals surface area contributed by atoms with Gasteiger partial charge in [-0.25, -0.2) is 0 Å². The Morgan fingerprint density at radius 3 is 2.09 bits per heavy atom. The summed E-state index contributed by atoms with van der Waals surface area (Å²) in [5.41, 5.74) is 4.12. The predicted octanol–water partition coefficient (Wildman–Crippen LogP) is 5.30. The van der Waals surface area contributed by atoms with Crippen molar-refractivity contribution < 1.29 is 4.79 Å². The SMILES string of the molecule is O=C(Cc1ccc(-c2ccccc2)cc1)Nc1ccccc1Br. The third kappa shape index (κ3) is 4.08. The molecule has 1 amide bonds. The summed E-state index contributed by atoms with van der Waals surface area (Å²) < 4.78 is 0.882. The minimum absolute atomic E-state index is 0.0237. The molecule has 0 aliphatic carbocycles. The van der Waals surface area contributed by atoms with Gasteiger partial charge >= 0.3 is 0 Å². The lowest BCUT2D eigenvalue weighted by atomic mass is 10.0. The second-order valence-corrected chi connectivity index (χ2v) is 6.12. The normalized spacial score (nSPS) is 10.3. The first-order valence-corrected chi connectivity index (χ1v) is 8.20. The molecule has 0 fully saturated rings. The van der Waals surface area contributed by atoms with E-state index < -0.39 is 0 Å². The number of carbonyl (C=O) groups excluding carboxylic acids is 1. The zero-order valence-electron chi connectivity index (χ0n) is 12.5. The van der Waals surface area contributed by atoms with Crippen molar-refractivity contribution in [1.29, 1.82) is 0 Å². The highest BCUT2D eigenvalue weighted by Gasteiger charge is 2.06. The van der Waals surface area contributed by atoms with Crippen LogP contribution < -0.4 is 5.32 Å². The number of amides is 1. The number of hydrogen-bond donors (Lipinski definition) is 1. The highest BCUT2D eigenvalue weighted by Crippen LogP contribution is 2.22. The number of carbonyl (C=O) groups is 1. The first kappa shape index (κ1) is 15.5. The topological polar surface area (TPSA) is 29.1 Å². The van der Waals surface area contributed by atoms with Crippen LogP contribution in [0.4, 0.5) is 5.69 Å². The molecule has 3 aromatic carbocycles. The van der Waals surface area contributed by atoms with E-state index in [-0.39, 0.29) is 5.91 Å². The molecule has 0 heterocycles. The summed E-state index contributed by atoms with van der Waals surface area (Å²) in [7, 11) is 0. The summed E-state index contributed by atoms with van der Waals surface area (Å²) in [5, 5.41) is 2.92. The molecule has 0 spiro atoms. The third-order valence-electron chi connectivity index (χ3n) is 3.57.